The summed E-state index contributed by atoms with van der Waals surface area (Å²) in [5.74, 6) is 0. The SMILES string of the molecule is C[CH][C@@H](C)OC(=O)OC1CCC1. The van der Waals surface area contributed by atoms with Crippen molar-refractivity contribution in [2.45, 2.75) is 45.3 Å². The molecular weight excluding hydrogens is 156 g/mol. The molecule has 0 N–H and O–H groups in total. The van der Waals surface area contributed by atoms with Gasteiger partial charge in [0.25, 0.3) is 0 Å². The topological polar surface area (TPSA) is 35.5 Å². The van der Waals surface area contributed by atoms with E-state index in [1.54, 1.807) is 0 Å². The van der Waals surface area contributed by atoms with Crippen LogP contribution < -0.4 is 0 Å². The summed E-state index contributed by atoms with van der Waals surface area (Å²) in [5, 5.41) is 0. The Balaban J connectivity index is 2.10. The summed E-state index contributed by atoms with van der Waals surface area (Å²) in [4.78, 5) is 11.0. The molecule has 1 aliphatic carbocycles. The largest absolute Gasteiger partial charge is 0.508 e. The van der Waals surface area contributed by atoms with Crippen molar-refractivity contribution in [3.05, 3.63) is 6.42 Å². The molecule has 0 aromatic heterocycles. The molecule has 12 heavy (non-hydrogen) atoms. The van der Waals surface area contributed by atoms with Gasteiger partial charge in [-0.2, -0.15) is 0 Å². The molecule has 1 rings (SSSR count). The van der Waals surface area contributed by atoms with E-state index in [1.165, 1.54) is 0 Å². The zero-order chi connectivity index (χ0) is 8.97. The van der Waals surface area contributed by atoms with Gasteiger partial charge in [0.2, 0.25) is 0 Å². The molecule has 3 heteroatoms. The Kier molecular flexibility index (Phi) is 3.38. The summed E-state index contributed by atoms with van der Waals surface area (Å²) in [7, 11) is 0. The summed E-state index contributed by atoms with van der Waals surface area (Å²) < 4.78 is 9.87. The Hall–Kier alpha value is -0.730. The number of hydrogen-bond acceptors (Lipinski definition) is 3. The lowest BCUT2D eigenvalue weighted by Crippen LogP contribution is -2.27. The minimum atomic E-state index is -0.537. The predicted molar refractivity (Wildman–Crippen MR) is 44.6 cm³/mol. The Morgan fingerprint density at radius 1 is 1.58 bits per heavy atom. The van der Waals surface area contributed by atoms with E-state index in [0.717, 1.165) is 19.3 Å². The Morgan fingerprint density at radius 3 is 2.67 bits per heavy atom. The Labute approximate surface area is 73.0 Å². The average Bonchev–Trinajstić information content (AvgIpc) is 1.97. The van der Waals surface area contributed by atoms with Gasteiger partial charge < -0.3 is 9.47 Å². The molecule has 0 aliphatic heterocycles. The van der Waals surface area contributed by atoms with Crippen LogP contribution in [0.15, 0.2) is 0 Å². The van der Waals surface area contributed by atoms with Crippen molar-refractivity contribution in [2.75, 3.05) is 0 Å². The molecule has 0 spiro atoms. The molecule has 0 aromatic rings. The normalized spacial score (nSPS) is 19.5. The van der Waals surface area contributed by atoms with Crippen molar-refractivity contribution in [2.24, 2.45) is 0 Å². The summed E-state index contributed by atoms with van der Waals surface area (Å²) in [6, 6.07) is 0. The molecule has 0 heterocycles. The summed E-state index contributed by atoms with van der Waals surface area (Å²) in [6.07, 6.45) is 4.36. The van der Waals surface area contributed by atoms with E-state index in [2.05, 4.69) is 0 Å². The van der Waals surface area contributed by atoms with Crippen molar-refractivity contribution in [3.8, 4) is 0 Å². The van der Waals surface area contributed by atoms with Gasteiger partial charge in [-0.05, 0) is 32.6 Å². The van der Waals surface area contributed by atoms with Crippen molar-refractivity contribution < 1.29 is 14.3 Å². The van der Waals surface area contributed by atoms with E-state index in [0.29, 0.717) is 0 Å². The van der Waals surface area contributed by atoms with Crippen LogP contribution in [-0.4, -0.2) is 18.4 Å². The van der Waals surface area contributed by atoms with Gasteiger partial charge in [0.1, 0.15) is 12.2 Å². The second-order valence-corrected chi connectivity index (χ2v) is 3.08. The van der Waals surface area contributed by atoms with Crippen LogP contribution in [0.4, 0.5) is 4.79 Å². The molecular formula is C9H15O3. The van der Waals surface area contributed by atoms with E-state index in [4.69, 9.17) is 9.47 Å². The fraction of sp³-hybridized carbons (Fsp3) is 0.778. The maximum Gasteiger partial charge on any atom is 0.508 e. The molecule has 0 saturated heterocycles. The zero-order valence-corrected chi connectivity index (χ0v) is 7.58. The van der Waals surface area contributed by atoms with E-state index in [9.17, 15) is 4.79 Å². The second kappa shape index (κ2) is 4.33. The van der Waals surface area contributed by atoms with Gasteiger partial charge in [0, 0.05) is 0 Å². The fourth-order valence-electron chi connectivity index (χ4n) is 0.872. The Morgan fingerprint density at radius 2 is 2.25 bits per heavy atom. The fourth-order valence-corrected chi connectivity index (χ4v) is 0.872. The average molecular weight is 171 g/mol. The van der Waals surface area contributed by atoms with Crippen molar-refractivity contribution in [3.63, 3.8) is 0 Å². The third-order valence-corrected chi connectivity index (χ3v) is 2.07. The van der Waals surface area contributed by atoms with E-state index < -0.39 is 6.16 Å². The van der Waals surface area contributed by atoms with Gasteiger partial charge in [0.15, 0.2) is 0 Å². The molecule has 1 fully saturated rings. The van der Waals surface area contributed by atoms with Crippen molar-refractivity contribution in [1.82, 2.24) is 0 Å². The van der Waals surface area contributed by atoms with Crippen LogP contribution in [0.1, 0.15) is 33.1 Å². The molecule has 0 aromatic carbocycles. The minimum absolute atomic E-state index is 0.113. The smallest absolute Gasteiger partial charge is 0.431 e. The molecule has 0 amide bonds. The molecule has 3 nitrogen and oxygen atoms in total. The lowest BCUT2D eigenvalue weighted by atomic mass is 9.96. The first-order chi connectivity index (χ1) is 5.72. The lowest BCUT2D eigenvalue weighted by molar-refractivity contribution is -0.0142. The van der Waals surface area contributed by atoms with Crippen LogP contribution in [0.5, 0.6) is 0 Å². The summed E-state index contributed by atoms with van der Waals surface area (Å²) >= 11 is 0. The van der Waals surface area contributed by atoms with Crippen LogP contribution >= 0.6 is 0 Å². The lowest BCUT2D eigenvalue weighted by Gasteiger charge is -2.25. The maximum atomic E-state index is 11.0. The van der Waals surface area contributed by atoms with E-state index in [1.807, 2.05) is 20.3 Å². The highest BCUT2D eigenvalue weighted by Crippen LogP contribution is 2.22. The number of carbonyl (C=O) groups is 1. The Bertz CT molecular complexity index is 143. The van der Waals surface area contributed by atoms with Crippen LogP contribution in [0.2, 0.25) is 0 Å². The van der Waals surface area contributed by atoms with Gasteiger partial charge in [0.05, 0.1) is 0 Å². The van der Waals surface area contributed by atoms with Crippen LogP contribution in [0.3, 0.4) is 0 Å². The highest BCUT2D eigenvalue weighted by atomic mass is 16.7. The zero-order valence-electron chi connectivity index (χ0n) is 7.58. The number of carbonyl (C=O) groups excluding carboxylic acids is 1. The van der Waals surface area contributed by atoms with Crippen LogP contribution in [0.25, 0.3) is 0 Å². The highest BCUT2D eigenvalue weighted by Gasteiger charge is 2.22. The van der Waals surface area contributed by atoms with Gasteiger partial charge in [-0.1, -0.05) is 6.92 Å². The molecule has 1 saturated carbocycles. The minimum Gasteiger partial charge on any atom is -0.431 e. The predicted octanol–water partition coefficient (Wildman–Crippen LogP) is 2.30. The van der Waals surface area contributed by atoms with Crippen molar-refractivity contribution >= 4 is 6.16 Å². The van der Waals surface area contributed by atoms with Gasteiger partial charge in [-0.3, -0.25) is 0 Å². The summed E-state index contributed by atoms with van der Waals surface area (Å²) in [6.45, 7) is 3.66. The second-order valence-electron chi connectivity index (χ2n) is 3.08. The standard InChI is InChI=1S/C9H15O3/c1-3-7(2)11-9(10)12-8-5-4-6-8/h3,7-8H,4-6H2,1-2H3/t7-/m1/s1. The molecule has 0 unspecified atom stereocenters. The molecule has 1 radical (unpaired) electrons. The molecule has 1 atom stereocenters. The molecule has 69 valence electrons. The summed E-state index contributed by atoms with van der Waals surface area (Å²) in [5.41, 5.74) is 0. The highest BCUT2D eigenvalue weighted by molar-refractivity contribution is 5.60. The van der Waals surface area contributed by atoms with Crippen LogP contribution in [0, 0.1) is 6.42 Å². The van der Waals surface area contributed by atoms with Crippen LogP contribution in [-0.2, 0) is 9.47 Å². The number of ether oxygens (including phenoxy) is 2. The maximum absolute atomic E-state index is 11.0. The van der Waals surface area contributed by atoms with Crippen molar-refractivity contribution in [1.29, 1.82) is 0 Å². The third kappa shape index (κ3) is 2.72. The number of rotatable bonds is 3. The van der Waals surface area contributed by atoms with Gasteiger partial charge >= 0.3 is 6.16 Å². The first-order valence-electron chi connectivity index (χ1n) is 4.39. The molecule has 1 aliphatic rings. The van der Waals surface area contributed by atoms with Gasteiger partial charge in [-0.15, -0.1) is 0 Å². The number of hydrogen-bond donors (Lipinski definition) is 0. The molecule has 0 bridgehead atoms. The quantitative estimate of drug-likeness (QED) is 0.611. The third-order valence-electron chi connectivity index (χ3n) is 2.07. The van der Waals surface area contributed by atoms with Gasteiger partial charge in [-0.25, -0.2) is 4.79 Å². The first-order valence-corrected chi connectivity index (χ1v) is 4.39. The van der Waals surface area contributed by atoms with E-state index in [-0.39, 0.29) is 12.2 Å². The first kappa shape index (κ1) is 9.36. The monoisotopic (exact) mass is 171 g/mol. The van der Waals surface area contributed by atoms with E-state index >= 15 is 0 Å².